The van der Waals surface area contributed by atoms with Gasteiger partial charge in [-0.05, 0) is 17.7 Å². The molecule has 2 aliphatic rings. The number of hydrogen-bond acceptors (Lipinski definition) is 4. The molecule has 0 aliphatic carbocycles. The standard InChI is InChI=1S/C24H16N4O2/c29-23-21(18-13-7-8-14-19(18)26-23)27-28-22(17-11-5-2-6-12-17)25-20(24(28)30)15-16-9-3-1-4-10-16/h1-15H,(H,26,27,29). The van der Waals surface area contributed by atoms with E-state index in [4.69, 9.17) is 0 Å². The molecule has 0 aromatic heterocycles. The van der Waals surface area contributed by atoms with Crippen molar-refractivity contribution in [2.24, 2.45) is 10.1 Å². The smallest absolute Gasteiger partial charge is 0.298 e. The Bertz CT molecular complexity index is 1240. The molecule has 0 saturated heterocycles. The van der Waals surface area contributed by atoms with Gasteiger partial charge < -0.3 is 5.32 Å². The fourth-order valence-corrected chi connectivity index (χ4v) is 3.38. The van der Waals surface area contributed by atoms with Gasteiger partial charge in [-0.3, -0.25) is 9.59 Å². The maximum atomic E-state index is 13.2. The van der Waals surface area contributed by atoms with Gasteiger partial charge in [-0.1, -0.05) is 78.9 Å². The van der Waals surface area contributed by atoms with Crippen LogP contribution < -0.4 is 5.32 Å². The van der Waals surface area contributed by atoms with Crippen molar-refractivity contribution in [3.8, 4) is 0 Å². The fourth-order valence-electron chi connectivity index (χ4n) is 3.38. The first-order valence-corrected chi connectivity index (χ1v) is 9.45. The number of fused-ring (bicyclic) bond motifs is 1. The van der Waals surface area contributed by atoms with Gasteiger partial charge in [-0.25, -0.2) is 4.99 Å². The fraction of sp³-hybridized carbons (Fsp3) is 0. The van der Waals surface area contributed by atoms with Crippen LogP contribution in [0.3, 0.4) is 0 Å². The zero-order chi connectivity index (χ0) is 20.5. The Morgan fingerprint density at radius 2 is 1.50 bits per heavy atom. The Hall–Kier alpha value is -4.32. The lowest BCUT2D eigenvalue weighted by Crippen LogP contribution is -2.30. The van der Waals surface area contributed by atoms with E-state index in [1.807, 2.05) is 72.8 Å². The molecule has 0 bridgehead atoms. The third-order valence-corrected chi connectivity index (χ3v) is 4.82. The second-order valence-electron chi connectivity index (χ2n) is 6.81. The number of para-hydroxylation sites is 1. The van der Waals surface area contributed by atoms with Crippen molar-refractivity contribution in [2.75, 3.05) is 5.32 Å². The SMILES string of the molecule is O=C1Nc2ccccc2/C1=N/N1C(=O)C(=Cc2ccccc2)N=C1c1ccccc1. The molecule has 5 rings (SSSR count). The predicted octanol–water partition coefficient (Wildman–Crippen LogP) is 3.67. The highest BCUT2D eigenvalue weighted by Gasteiger charge is 2.34. The number of nitrogens with zero attached hydrogens (tertiary/aromatic N) is 3. The van der Waals surface area contributed by atoms with Crippen molar-refractivity contribution in [1.82, 2.24) is 5.01 Å². The maximum absolute atomic E-state index is 13.2. The zero-order valence-electron chi connectivity index (χ0n) is 15.8. The molecule has 0 radical (unpaired) electrons. The van der Waals surface area contributed by atoms with Crippen LogP contribution in [0.15, 0.2) is 101 Å². The van der Waals surface area contributed by atoms with Crippen molar-refractivity contribution >= 4 is 35.1 Å². The van der Waals surface area contributed by atoms with E-state index in [2.05, 4.69) is 15.4 Å². The average Bonchev–Trinajstić information content (AvgIpc) is 3.27. The van der Waals surface area contributed by atoms with Crippen molar-refractivity contribution in [3.05, 3.63) is 107 Å². The van der Waals surface area contributed by atoms with Crippen LogP contribution in [0.25, 0.3) is 6.08 Å². The largest absolute Gasteiger partial charge is 0.320 e. The number of nitrogens with one attached hydrogen (secondary N) is 1. The Morgan fingerprint density at radius 1 is 0.833 bits per heavy atom. The minimum Gasteiger partial charge on any atom is -0.320 e. The molecule has 144 valence electrons. The molecule has 1 N–H and O–H groups in total. The molecule has 3 aromatic carbocycles. The number of rotatable bonds is 3. The average molecular weight is 392 g/mol. The maximum Gasteiger partial charge on any atom is 0.298 e. The second-order valence-corrected chi connectivity index (χ2v) is 6.81. The first kappa shape index (κ1) is 17.8. The van der Waals surface area contributed by atoms with Crippen LogP contribution in [0.1, 0.15) is 16.7 Å². The van der Waals surface area contributed by atoms with E-state index in [9.17, 15) is 9.59 Å². The Labute approximate surface area is 172 Å². The van der Waals surface area contributed by atoms with E-state index < -0.39 is 0 Å². The molecule has 6 heteroatoms. The third-order valence-electron chi connectivity index (χ3n) is 4.82. The number of anilines is 1. The van der Waals surface area contributed by atoms with Gasteiger partial charge >= 0.3 is 0 Å². The summed E-state index contributed by atoms with van der Waals surface area (Å²) in [7, 11) is 0. The summed E-state index contributed by atoms with van der Waals surface area (Å²) in [6.07, 6.45) is 1.72. The van der Waals surface area contributed by atoms with Crippen LogP contribution in [0, 0.1) is 0 Å². The zero-order valence-corrected chi connectivity index (χ0v) is 15.8. The summed E-state index contributed by atoms with van der Waals surface area (Å²) in [4.78, 5) is 30.3. The lowest BCUT2D eigenvalue weighted by Gasteiger charge is -2.13. The minimum atomic E-state index is -0.387. The number of amides is 2. The van der Waals surface area contributed by atoms with E-state index in [-0.39, 0.29) is 23.2 Å². The molecule has 30 heavy (non-hydrogen) atoms. The van der Waals surface area contributed by atoms with Crippen molar-refractivity contribution in [2.45, 2.75) is 0 Å². The molecule has 3 aromatic rings. The molecule has 0 atom stereocenters. The highest BCUT2D eigenvalue weighted by Crippen LogP contribution is 2.26. The number of amidine groups is 1. The topological polar surface area (TPSA) is 74.1 Å². The molecule has 0 unspecified atom stereocenters. The molecule has 2 amide bonds. The van der Waals surface area contributed by atoms with Crippen LogP contribution in [-0.4, -0.2) is 28.4 Å². The van der Waals surface area contributed by atoms with Crippen LogP contribution in [0.5, 0.6) is 0 Å². The predicted molar refractivity (Wildman–Crippen MR) is 116 cm³/mol. The summed E-state index contributed by atoms with van der Waals surface area (Å²) in [5.41, 5.74) is 3.36. The van der Waals surface area contributed by atoms with Crippen molar-refractivity contribution in [3.63, 3.8) is 0 Å². The minimum absolute atomic E-state index is 0.184. The molecule has 0 spiro atoms. The number of hydrogen-bond donors (Lipinski definition) is 1. The highest BCUT2D eigenvalue weighted by molar-refractivity contribution is 6.54. The van der Waals surface area contributed by atoms with Crippen LogP contribution in [0.2, 0.25) is 0 Å². The Balaban J connectivity index is 1.62. The summed E-state index contributed by atoms with van der Waals surface area (Å²) in [5.74, 6) is -0.355. The van der Waals surface area contributed by atoms with Gasteiger partial charge in [-0.15, -0.1) is 0 Å². The molecular weight excluding hydrogens is 376 g/mol. The number of aliphatic imine (C=N–C) groups is 1. The summed E-state index contributed by atoms with van der Waals surface area (Å²) < 4.78 is 0. The van der Waals surface area contributed by atoms with Crippen LogP contribution >= 0.6 is 0 Å². The van der Waals surface area contributed by atoms with Gasteiger partial charge in [0, 0.05) is 11.1 Å². The van der Waals surface area contributed by atoms with Crippen molar-refractivity contribution in [1.29, 1.82) is 0 Å². The molecular formula is C24H16N4O2. The first-order valence-electron chi connectivity index (χ1n) is 9.45. The van der Waals surface area contributed by atoms with Gasteiger partial charge in [-0.2, -0.15) is 10.1 Å². The van der Waals surface area contributed by atoms with Gasteiger partial charge in [0.1, 0.15) is 5.70 Å². The van der Waals surface area contributed by atoms with Crippen LogP contribution in [0.4, 0.5) is 5.69 Å². The summed E-state index contributed by atoms with van der Waals surface area (Å²) >= 11 is 0. The van der Waals surface area contributed by atoms with E-state index in [0.717, 1.165) is 11.1 Å². The van der Waals surface area contributed by atoms with E-state index in [1.54, 1.807) is 18.2 Å². The lowest BCUT2D eigenvalue weighted by atomic mass is 10.1. The van der Waals surface area contributed by atoms with Crippen LogP contribution in [-0.2, 0) is 9.59 Å². The number of hydrazone groups is 1. The van der Waals surface area contributed by atoms with Crippen molar-refractivity contribution < 1.29 is 9.59 Å². The second kappa shape index (κ2) is 7.25. The summed E-state index contributed by atoms with van der Waals surface area (Å²) in [6.45, 7) is 0. The lowest BCUT2D eigenvalue weighted by molar-refractivity contribution is -0.122. The van der Waals surface area contributed by atoms with E-state index in [0.29, 0.717) is 17.1 Å². The summed E-state index contributed by atoms with van der Waals surface area (Å²) in [5, 5.41) is 8.43. The molecule has 6 nitrogen and oxygen atoms in total. The number of carbonyl (C=O) groups is 2. The van der Waals surface area contributed by atoms with Gasteiger partial charge in [0.25, 0.3) is 11.8 Å². The Morgan fingerprint density at radius 3 is 2.27 bits per heavy atom. The van der Waals surface area contributed by atoms with E-state index >= 15 is 0 Å². The molecule has 2 aliphatic heterocycles. The van der Waals surface area contributed by atoms with Gasteiger partial charge in [0.15, 0.2) is 11.5 Å². The first-order chi connectivity index (χ1) is 14.7. The van der Waals surface area contributed by atoms with Gasteiger partial charge in [0.05, 0.1) is 5.69 Å². The van der Waals surface area contributed by atoms with E-state index in [1.165, 1.54) is 5.01 Å². The third kappa shape index (κ3) is 3.10. The molecule has 0 fully saturated rings. The quantitative estimate of drug-likeness (QED) is 0.691. The number of benzene rings is 3. The van der Waals surface area contributed by atoms with Gasteiger partial charge in [0.2, 0.25) is 0 Å². The summed E-state index contributed by atoms with van der Waals surface area (Å²) in [6, 6.07) is 26.1. The highest BCUT2D eigenvalue weighted by atomic mass is 16.2. The monoisotopic (exact) mass is 392 g/mol. The Kier molecular flexibility index (Phi) is 4.29. The normalized spacial score (nSPS) is 18.0. The molecule has 2 heterocycles. The number of carbonyl (C=O) groups excluding carboxylic acids is 2. The molecule has 0 saturated carbocycles.